The average Bonchev–Trinajstić information content (AvgIpc) is 3.19. The topological polar surface area (TPSA) is 57.2 Å². The number of carbonyl (C=O) groups excluding carboxylic acids is 3. The predicted molar refractivity (Wildman–Crippen MR) is 71.3 cm³/mol. The summed E-state index contributed by atoms with van der Waals surface area (Å²) >= 11 is 0. The van der Waals surface area contributed by atoms with E-state index >= 15 is 0 Å². The number of rotatable bonds is 4. The maximum Gasteiger partial charge on any atom is 0.259 e. The number of hydrazine groups is 1. The molecule has 3 rings (SSSR count). The van der Waals surface area contributed by atoms with Gasteiger partial charge in [0.25, 0.3) is 11.8 Å². The lowest BCUT2D eigenvalue weighted by atomic mass is 9.80. The summed E-state index contributed by atoms with van der Waals surface area (Å²) in [4.78, 5) is 37.1. The number of carbonyl (C=O) groups is 3. The lowest BCUT2D eigenvalue weighted by Crippen LogP contribution is -2.41. The third-order valence-electron chi connectivity index (χ3n) is 4.38. The molecule has 0 spiro atoms. The van der Waals surface area contributed by atoms with Gasteiger partial charge in [-0.3, -0.25) is 14.4 Å². The second kappa shape index (κ2) is 4.16. The molecule has 2 fully saturated rings. The molecule has 5 heteroatoms. The van der Waals surface area contributed by atoms with Crippen LogP contribution in [0.1, 0.15) is 37.0 Å². The summed E-state index contributed by atoms with van der Waals surface area (Å²) in [5.41, 5.74) is -0.431. The van der Waals surface area contributed by atoms with E-state index in [0.29, 0.717) is 18.4 Å². The zero-order chi connectivity index (χ0) is 14.5. The normalized spacial score (nSPS) is 20.3. The number of fused-ring (bicyclic) bond motifs is 1. The van der Waals surface area contributed by atoms with Gasteiger partial charge in [-0.2, -0.15) is 0 Å². The predicted octanol–water partition coefficient (Wildman–Crippen LogP) is 1.60. The van der Waals surface area contributed by atoms with Gasteiger partial charge in [0.1, 0.15) is 5.41 Å². The molecule has 2 amide bonds. The van der Waals surface area contributed by atoms with Crippen molar-refractivity contribution in [3.63, 3.8) is 0 Å². The van der Waals surface area contributed by atoms with E-state index in [0.717, 1.165) is 0 Å². The van der Waals surface area contributed by atoms with Gasteiger partial charge in [-0.1, -0.05) is 44.2 Å². The summed E-state index contributed by atoms with van der Waals surface area (Å²) < 4.78 is 0. The summed E-state index contributed by atoms with van der Waals surface area (Å²) in [6.45, 7) is 3.67. The molecule has 0 atom stereocenters. The molecule has 2 heterocycles. The second-order valence-corrected chi connectivity index (χ2v) is 5.19. The molecule has 5 nitrogen and oxygen atoms in total. The molecule has 0 unspecified atom stereocenters. The summed E-state index contributed by atoms with van der Waals surface area (Å²) in [6, 6.07) is 8.74. The second-order valence-electron chi connectivity index (χ2n) is 5.19. The van der Waals surface area contributed by atoms with Gasteiger partial charge in [-0.15, -0.1) is 0 Å². The molecule has 0 aliphatic carbocycles. The Morgan fingerprint density at radius 1 is 1.05 bits per heavy atom. The number of hydrogen-bond donors (Lipinski definition) is 0. The Morgan fingerprint density at radius 2 is 1.55 bits per heavy atom. The third kappa shape index (κ3) is 1.40. The van der Waals surface area contributed by atoms with Crippen LogP contribution in [0.25, 0.3) is 0 Å². The summed E-state index contributed by atoms with van der Waals surface area (Å²) in [6.07, 6.45) is 0.213. The van der Waals surface area contributed by atoms with Crippen molar-refractivity contribution in [2.24, 2.45) is 5.41 Å². The van der Waals surface area contributed by atoms with Crippen LogP contribution in [0.5, 0.6) is 0 Å². The van der Waals surface area contributed by atoms with E-state index in [9.17, 15) is 14.4 Å². The highest BCUT2D eigenvalue weighted by Gasteiger charge is 2.71. The highest BCUT2D eigenvalue weighted by molar-refractivity contribution is 6.18. The quantitative estimate of drug-likeness (QED) is 0.475. The lowest BCUT2D eigenvalue weighted by Gasteiger charge is -2.22. The first-order valence-electron chi connectivity index (χ1n) is 6.85. The van der Waals surface area contributed by atoms with Crippen molar-refractivity contribution in [1.29, 1.82) is 0 Å². The van der Waals surface area contributed by atoms with Crippen LogP contribution in [-0.2, 0) is 9.59 Å². The first-order chi connectivity index (χ1) is 9.58. The first kappa shape index (κ1) is 12.8. The van der Waals surface area contributed by atoms with Crippen molar-refractivity contribution in [3.8, 4) is 0 Å². The fourth-order valence-corrected chi connectivity index (χ4v) is 2.95. The van der Waals surface area contributed by atoms with Crippen molar-refractivity contribution in [2.75, 3.05) is 0 Å². The van der Waals surface area contributed by atoms with Crippen LogP contribution in [0, 0.1) is 5.41 Å². The monoisotopic (exact) mass is 272 g/mol. The zero-order valence-corrected chi connectivity index (χ0v) is 11.5. The molecule has 0 aromatic heterocycles. The Bertz CT molecular complexity index is 568. The highest BCUT2D eigenvalue weighted by atomic mass is 16.2. The fourth-order valence-electron chi connectivity index (χ4n) is 2.95. The van der Waals surface area contributed by atoms with Crippen molar-refractivity contribution >= 4 is 17.6 Å². The molecule has 0 saturated carbocycles. The number of ketones is 1. The fraction of sp³-hybridized carbons (Fsp3) is 0.400. The molecule has 0 N–H and O–H groups in total. The maximum atomic E-state index is 12.4. The molecule has 0 bridgehead atoms. The summed E-state index contributed by atoms with van der Waals surface area (Å²) in [5.74, 6) is -0.670. The molecule has 2 saturated heterocycles. The molecule has 2 aliphatic heterocycles. The minimum absolute atomic E-state index is 0.201. The van der Waals surface area contributed by atoms with Crippen LogP contribution < -0.4 is 0 Å². The molecular formula is C15H16N2O3. The van der Waals surface area contributed by atoms with E-state index in [1.807, 2.05) is 19.9 Å². The average molecular weight is 272 g/mol. The van der Waals surface area contributed by atoms with Gasteiger partial charge in [0.15, 0.2) is 0 Å². The lowest BCUT2D eigenvalue weighted by molar-refractivity contribution is -0.141. The Morgan fingerprint density at radius 3 is 2.00 bits per heavy atom. The van der Waals surface area contributed by atoms with Crippen LogP contribution in [-0.4, -0.2) is 33.8 Å². The standard InChI is InChI=1S/C15H16N2O3/c1-3-15(4-2)13(19)16-12(17(16)14(15)20)11(18)10-8-6-5-7-9-10/h5-9,12H,3-4H2,1-2H3. The summed E-state index contributed by atoms with van der Waals surface area (Å²) in [5, 5.41) is 2.62. The molecule has 2 aliphatic rings. The smallest absolute Gasteiger partial charge is 0.259 e. The third-order valence-corrected chi connectivity index (χ3v) is 4.38. The number of nitrogens with zero attached hydrogens (tertiary/aromatic N) is 2. The van der Waals surface area contributed by atoms with E-state index in [1.165, 1.54) is 10.0 Å². The van der Waals surface area contributed by atoms with Crippen LogP contribution >= 0.6 is 0 Å². The molecule has 1 aromatic rings. The molecule has 104 valence electrons. The largest absolute Gasteiger partial charge is 0.290 e. The van der Waals surface area contributed by atoms with Crippen molar-refractivity contribution in [2.45, 2.75) is 32.9 Å². The number of amides is 2. The molecule has 20 heavy (non-hydrogen) atoms. The Balaban J connectivity index is 1.86. The van der Waals surface area contributed by atoms with E-state index in [4.69, 9.17) is 0 Å². The van der Waals surface area contributed by atoms with Gasteiger partial charge in [-0.25, -0.2) is 10.0 Å². The first-order valence-corrected chi connectivity index (χ1v) is 6.85. The van der Waals surface area contributed by atoms with Crippen LogP contribution in [0.3, 0.4) is 0 Å². The van der Waals surface area contributed by atoms with E-state index in [-0.39, 0.29) is 17.6 Å². The number of hydrogen-bond acceptors (Lipinski definition) is 3. The van der Waals surface area contributed by atoms with Crippen molar-refractivity contribution < 1.29 is 14.4 Å². The minimum atomic E-state index is -0.951. The minimum Gasteiger partial charge on any atom is -0.290 e. The molecule has 0 radical (unpaired) electrons. The Kier molecular flexibility index (Phi) is 2.67. The van der Waals surface area contributed by atoms with Crippen molar-refractivity contribution in [3.05, 3.63) is 35.9 Å². The van der Waals surface area contributed by atoms with E-state index in [1.54, 1.807) is 24.3 Å². The van der Waals surface area contributed by atoms with Gasteiger partial charge < -0.3 is 0 Å². The van der Waals surface area contributed by atoms with E-state index < -0.39 is 11.6 Å². The zero-order valence-electron chi connectivity index (χ0n) is 11.5. The SMILES string of the molecule is CCC1(CC)C(=O)N2C(C(=O)c3ccccc3)N2C1=O. The van der Waals surface area contributed by atoms with E-state index in [2.05, 4.69) is 0 Å². The van der Waals surface area contributed by atoms with Crippen LogP contribution in [0.4, 0.5) is 0 Å². The summed E-state index contributed by atoms with van der Waals surface area (Å²) in [7, 11) is 0. The molecule has 1 aromatic carbocycles. The van der Waals surface area contributed by atoms with Gasteiger partial charge in [0, 0.05) is 5.56 Å². The number of benzene rings is 1. The Hall–Kier alpha value is -2.17. The van der Waals surface area contributed by atoms with Crippen LogP contribution in [0.15, 0.2) is 30.3 Å². The van der Waals surface area contributed by atoms with Gasteiger partial charge in [0.2, 0.25) is 11.9 Å². The maximum absolute atomic E-state index is 12.4. The Labute approximate surface area is 117 Å². The highest BCUT2D eigenvalue weighted by Crippen LogP contribution is 2.48. The van der Waals surface area contributed by atoms with Gasteiger partial charge in [-0.05, 0) is 12.8 Å². The van der Waals surface area contributed by atoms with Gasteiger partial charge >= 0.3 is 0 Å². The molecular weight excluding hydrogens is 256 g/mol. The number of Topliss-reactive ketones (excluding diaryl/α,β-unsaturated/α-hetero) is 1. The van der Waals surface area contributed by atoms with Crippen molar-refractivity contribution in [1.82, 2.24) is 10.0 Å². The van der Waals surface area contributed by atoms with Crippen LogP contribution in [0.2, 0.25) is 0 Å². The van der Waals surface area contributed by atoms with Gasteiger partial charge in [0.05, 0.1) is 0 Å².